The van der Waals surface area contributed by atoms with Gasteiger partial charge in [-0.15, -0.1) is 0 Å². The van der Waals surface area contributed by atoms with Crippen LogP contribution in [0.2, 0.25) is 0 Å². The lowest BCUT2D eigenvalue weighted by molar-refractivity contribution is -0.117. The van der Waals surface area contributed by atoms with Gasteiger partial charge in [-0.3, -0.25) is 0 Å². The fraction of sp³-hybridized carbons (Fsp3) is 0.867. The molecule has 2 heteroatoms. The van der Waals surface area contributed by atoms with Gasteiger partial charge in [0.15, 0.2) is 0 Å². The van der Waals surface area contributed by atoms with Gasteiger partial charge < -0.3 is 9.59 Å². The third kappa shape index (κ3) is 25.5. The molecule has 17 heavy (non-hydrogen) atoms. The second-order valence-electron chi connectivity index (χ2n) is 4.67. The summed E-state index contributed by atoms with van der Waals surface area (Å²) in [6.45, 7) is 7.62. The summed E-state index contributed by atoms with van der Waals surface area (Å²) in [6.07, 6.45) is 9.84. The van der Waals surface area contributed by atoms with Crippen molar-refractivity contribution >= 4 is 11.6 Å². The molecule has 0 aromatic rings. The molecular weight excluding hydrogens is 212 g/mol. The van der Waals surface area contributed by atoms with Crippen LogP contribution in [0, 0.1) is 0 Å². The number of carbonyl (C=O) groups is 2. The van der Waals surface area contributed by atoms with E-state index in [-0.39, 0.29) is 0 Å². The van der Waals surface area contributed by atoms with E-state index in [1.165, 1.54) is 32.1 Å². The summed E-state index contributed by atoms with van der Waals surface area (Å²) in [7, 11) is 0. The van der Waals surface area contributed by atoms with Crippen LogP contribution in [0.25, 0.3) is 0 Å². The van der Waals surface area contributed by atoms with Crippen LogP contribution in [0.15, 0.2) is 0 Å². The van der Waals surface area contributed by atoms with Gasteiger partial charge in [0.25, 0.3) is 0 Å². The first-order chi connectivity index (χ1) is 8.04. The van der Waals surface area contributed by atoms with Gasteiger partial charge in [0.05, 0.1) is 0 Å². The van der Waals surface area contributed by atoms with Crippen LogP contribution >= 0.6 is 0 Å². The molecule has 0 saturated heterocycles. The molecule has 0 radical (unpaired) electrons. The van der Waals surface area contributed by atoms with Crippen molar-refractivity contribution in [2.75, 3.05) is 0 Å². The average molecular weight is 242 g/mol. The molecule has 0 bridgehead atoms. The highest BCUT2D eigenvalue weighted by Crippen LogP contribution is 2.01. The van der Waals surface area contributed by atoms with Crippen LogP contribution in [0.5, 0.6) is 0 Å². The Balaban J connectivity index is 0. The van der Waals surface area contributed by atoms with Crippen LogP contribution in [-0.2, 0) is 9.59 Å². The van der Waals surface area contributed by atoms with E-state index >= 15 is 0 Å². The molecule has 0 amide bonds. The highest BCUT2D eigenvalue weighted by atomic mass is 16.1. The monoisotopic (exact) mass is 242 g/mol. The summed E-state index contributed by atoms with van der Waals surface area (Å²) in [6, 6.07) is 0. The molecular formula is C15H30O2. The van der Waals surface area contributed by atoms with Crippen LogP contribution < -0.4 is 0 Å². The van der Waals surface area contributed by atoms with Crippen molar-refractivity contribution in [2.45, 2.75) is 85.5 Å². The molecule has 0 spiro atoms. The fourth-order valence-electron chi connectivity index (χ4n) is 1.42. The number of rotatable bonds is 9. The maximum absolute atomic E-state index is 10.4. The molecule has 0 N–H and O–H groups in total. The molecule has 2 nitrogen and oxygen atoms in total. The summed E-state index contributed by atoms with van der Waals surface area (Å²) < 4.78 is 0. The number of hydrogen-bond donors (Lipinski definition) is 0. The second kappa shape index (κ2) is 15.3. The lowest BCUT2D eigenvalue weighted by atomic mass is 10.1. The van der Waals surface area contributed by atoms with Crippen molar-refractivity contribution < 1.29 is 9.59 Å². The topological polar surface area (TPSA) is 34.1 Å². The van der Waals surface area contributed by atoms with Crippen LogP contribution in [0.1, 0.15) is 85.5 Å². The standard InChI is InChI=1S/C8H16O.C7H14O/c1-3-4-5-6-7-8(2)9;1-3-4-5-6-7(2)8/h3-7H2,1-2H3;3-6H2,1-2H3. The van der Waals surface area contributed by atoms with E-state index in [9.17, 15) is 9.59 Å². The van der Waals surface area contributed by atoms with Gasteiger partial charge in [-0.05, 0) is 26.7 Å². The molecule has 0 saturated carbocycles. The molecule has 0 rings (SSSR count). The Morgan fingerprint density at radius 3 is 1.35 bits per heavy atom. The largest absolute Gasteiger partial charge is 0.300 e. The molecule has 0 unspecified atom stereocenters. The first kappa shape index (κ1) is 18.7. The smallest absolute Gasteiger partial charge is 0.129 e. The van der Waals surface area contributed by atoms with Gasteiger partial charge >= 0.3 is 0 Å². The number of ketones is 2. The van der Waals surface area contributed by atoms with Gasteiger partial charge in [-0.25, -0.2) is 0 Å². The molecule has 0 atom stereocenters. The van der Waals surface area contributed by atoms with E-state index in [2.05, 4.69) is 13.8 Å². The summed E-state index contributed by atoms with van der Waals surface area (Å²) in [4.78, 5) is 20.7. The summed E-state index contributed by atoms with van der Waals surface area (Å²) in [5.74, 6) is 0.643. The Bertz CT molecular complexity index is 185. The number of Topliss-reactive ketones (excluding diaryl/α,β-unsaturated/α-hetero) is 2. The quantitative estimate of drug-likeness (QED) is 0.549. The van der Waals surface area contributed by atoms with Gasteiger partial charge in [-0.1, -0.05) is 46.0 Å². The Labute approximate surface area is 107 Å². The fourth-order valence-corrected chi connectivity index (χ4v) is 1.42. The van der Waals surface area contributed by atoms with Gasteiger partial charge in [0, 0.05) is 12.8 Å². The Kier molecular flexibility index (Phi) is 16.9. The van der Waals surface area contributed by atoms with Crippen molar-refractivity contribution in [2.24, 2.45) is 0 Å². The van der Waals surface area contributed by atoms with Crippen molar-refractivity contribution in [3.8, 4) is 0 Å². The molecule has 102 valence electrons. The molecule has 0 heterocycles. The Morgan fingerprint density at radius 2 is 1.00 bits per heavy atom. The van der Waals surface area contributed by atoms with Crippen LogP contribution in [0.4, 0.5) is 0 Å². The number of carbonyl (C=O) groups excluding carboxylic acids is 2. The lowest BCUT2D eigenvalue weighted by Gasteiger charge is -1.93. The summed E-state index contributed by atoms with van der Waals surface area (Å²) in [5.41, 5.74) is 0. The van der Waals surface area contributed by atoms with E-state index in [0.717, 1.165) is 25.7 Å². The predicted molar refractivity (Wildman–Crippen MR) is 74.3 cm³/mol. The highest BCUT2D eigenvalue weighted by Gasteiger charge is 1.91. The number of hydrogen-bond acceptors (Lipinski definition) is 2. The van der Waals surface area contributed by atoms with Crippen molar-refractivity contribution in [3.05, 3.63) is 0 Å². The third-order valence-electron chi connectivity index (χ3n) is 2.51. The summed E-state index contributed by atoms with van der Waals surface area (Å²) >= 11 is 0. The zero-order chi connectivity index (χ0) is 13.5. The molecule has 0 aromatic heterocycles. The van der Waals surface area contributed by atoms with E-state index < -0.39 is 0 Å². The average Bonchev–Trinajstić information content (AvgIpc) is 2.25. The van der Waals surface area contributed by atoms with Gasteiger partial charge in [0.2, 0.25) is 0 Å². The van der Waals surface area contributed by atoms with E-state index in [1.54, 1.807) is 13.8 Å². The van der Waals surface area contributed by atoms with E-state index in [4.69, 9.17) is 0 Å². The lowest BCUT2D eigenvalue weighted by Crippen LogP contribution is -1.88. The first-order valence-electron chi connectivity index (χ1n) is 7.03. The van der Waals surface area contributed by atoms with Crippen LogP contribution in [-0.4, -0.2) is 11.6 Å². The number of unbranched alkanes of at least 4 members (excludes halogenated alkanes) is 5. The maximum atomic E-state index is 10.4. The normalized spacial score (nSPS) is 9.41. The highest BCUT2D eigenvalue weighted by molar-refractivity contribution is 5.75. The molecule has 0 aliphatic carbocycles. The molecule has 0 aromatic carbocycles. The zero-order valence-electron chi connectivity index (χ0n) is 12.2. The maximum Gasteiger partial charge on any atom is 0.129 e. The minimum atomic E-state index is 0.318. The second-order valence-corrected chi connectivity index (χ2v) is 4.67. The van der Waals surface area contributed by atoms with Crippen LogP contribution in [0.3, 0.4) is 0 Å². The van der Waals surface area contributed by atoms with Crippen molar-refractivity contribution in [1.29, 1.82) is 0 Å². The Morgan fingerprint density at radius 1 is 0.647 bits per heavy atom. The van der Waals surface area contributed by atoms with E-state index in [0.29, 0.717) is 11.6 Å². The zero-order valence-corrected chi connectivity index (χ0v) is 12.2. The SMILES string of the molecule is CCCCCC(C)=O.CCCCCCC(C)=O. The molecule has 0 aliphatic heterocycles. The first-order valence-corrected chi connectivity index (χ1v) is 7.03. The predicted octanol–water partition coefficient (Wildman–Crippen LogP) is 4.70. The van der Waals surface area contributed by atoms with Crippen molar-refractivity contribution in [3.63, 3.8) is 0 Å². The van der Waals surface area contributed by atoms with Crippen molar-refractivity contribution in [1.82, 2.24) is 0 Å². The van der Waals surface area contributed by atoms with E-state index in [1.807, 2.05) is 0 Å². The third-order valence-corrected chi connectivity index (χ3v) is 2.51. The molecule has 0 fully saturated rings. The Hall–Kier alpha value is -0.660. The summed E-state index contributed by atoms with van der Waals surface area (Å²) in [5, 5.41) is 0. The van der Waals surface area contributed by atoms with Gasteiger partial charge in [-0.2, -0.15) is 0 Å². The minimum Gasteiger partial charge on any atom is -0.300 e. The minimum absolute atomic E-state index is 0.318. The molecule has 0 aliphatic rings. The van der Waals surface area contributed by atoms with Gasteiger partial charge in [0.1, 0.15) is 11.6 Å².